The quantitative estimate of drug-likeness (QED) is 0.828. The number of hydrogen-bond donors (Lipinski definition) is 2. The fraction of sp³-hybridized carbons (Fsp3) is 0.267. The summed E-state index contributed by atoms with van der Waals surface area (Å²) in [6.45, 7) is 3.59. The number of hydrogen-bond acceptors (Lipinski definition) is 5. The van der Waals surface area contributed by atoms with Crippen molar-refractivity contribution in [2.24, 2.45) is 16.6 Å². The molecular weight excluding hydrogens is 303 g/mol. The van der Waals surface area contributed by atoms with Gasteiger partial charge in [-0.3, -0.25) is 10.1 Å². The Labute approximate surface area is 131 Å². The molecule has 2 unspecified atom stereocenters. The molecule has 0 saturated heterocycles. The summed E-state index contributed by atoms with van der Waals surface area (Å²) in [5, 5.41) is 11.5. The van der Waals surface area contributed by atoms with Gasteiger partial charge in [-0.05, 0) is 37.6 Å². The summed E-state index contributed by atoms with van der Waals surface area (Å²) in [5.41, 5.74) is 7.06. The predicted molar refractivity (Wildman–Crippen MR) is 83.0 cm³/mol. The normalized spacial score (nSPS) is 27.1. The predicted octanol–water partition coefficient (Wildman–Crippen LogP) is 1.95. The molecule has 0 saturated carbocycles. The van der Waals surface area contributed by atoms with Crippen LogP contribution in [0.15, 0.2) is 28.8 Å². The summed E-state index contributed by atoms with van der Waals surface area (Å²) in [4.78, 5) is 16.4. The minimum atomic E-state index is -0.791. The highest BCUT2D eigenvalue weighted by atomic mass is 32.2. The van der Waals surface area contributed by atoms with Crippen molar-refractivity contribution in [3.05, 3.63) is 40.7 Å². The summed E-state index contributed by atoms with van der Waals surface area (Å²) >= 11 is 1.30. The molecule has 1 amide bonds. The Kier molecular flexibility index (Phi) is 3.22. The van der Waals surface area contributed by atoms with E-state index in [1.165, 1.54) is 30.0 Å². The van der Waals surface area contributed by atoms with E-state index < -0.39 is 16.6 Å². The first-order valence-electron chi connectivity index (χ1n) is 6.61. The van der Waals surface area contributed by atoms with Gasteiger partial charge in [0.1, 0.15) is 10.7 Å². The number of nitriles is 1. The zero-order valence-electron chi connectivity index (χ0n) is 12.0. The van der Waals surface area contributed by atoms with E-state index >= 15 is 0 Å². The van der Waals surface area contributed by atoms with Crippen LogP contribution in [0.1, 0.15) is 25.0 Å². The number of nitrogens with zero attached hydrogens (tertiary/aromatic N) is 2. The van der Waals surface area contributed by atoms with Crippen LogP contribution in [0.3, 0.4) is 0 Å². The number of amides is 1. The van der Waals surface area contributed by atoms with Crippen LogP contribution in [-0.4, -0.2) is 16.7 Å². The summed E-state index contributed by atoms with van der Waals surface area (Å²) in [5.74, 6) is -1.12. The van der Waals surface area contributed by atoms with Crippen LogP contribution in [0, 0.1) is 23.1 Å². The van der Waals surface area contributed by atoms with Gasteiger partial charge in [-0.2, -0.15) is 5.26 Å². The average Bonchev–Trinajstić information content (AvgIpc) is 2.70. The van der Waals surface area contributed by atoms with E-state index in [2.05, 4.69) is 10.3 Å². The molecule has 22 heavy (non-hydrogen) atoms. The molecule has 0 radical (unpaired) electrons. The molecule has 2 atom stereocenters. The first-order chi connectivity index (χ1) is 10.4. The summed E-state index contributed by atoms with van der Waals surface area (Å²) in [7, 11) is 0. The number of carbonyl (C=O) groups excluding carboxylic acids is 1. The number of thioether (sulfide) groups is 1. The number of nitrogens with two attached hydrogens (primary N) is 1. The van der Waals surface area contributed by atoms with Crippen LogP contribution in [0.25, 0.3) is 4.91 Å². The number of nitrogens with one attached hydrogen (secondary N) is 1. The lowest BCUT2D eigenvalue weighted by molar-refractivity contribution is -0.123. The number of benzene rings is 1. The van der Waals surface area contributed by atoms with Crippen LogP contribution in [0.5, 0.6) is 0 Å². The fourth-order valence-corrected chi connectivity index (χ4v) is 4.41. The molecule has 5 nitrogen and oxygen atoms in total. The van der Waals surface area contributed by atoms with E-state index in [0.717, 1.165) is 5.57 Å². The molecule has 1 aromatic rings. The van der Waals surface area contributed by atoms with Crippen molar-refractivity contribution in [2.75, 3.05) is 0 Å². The molecule has 2 aliphatic heterocycles. The van der Waals surface area contributed by atoms with Crippen molar-refractivity contribution in [1.29, 1.82) is 5.26 Å². The van der Waals surface area contributed by atoms with E-state index in [1.54, 1.807) is 13.8 Å². The SMILES string of the molecule is CC1=C(c2cc(C#N)ccc2F)SC2(C)N=C(N)NC(=O)C12. The topological polar surface area (TPSA) is 91.3 Å². The maximum atomic E-state index is 14.2. The van der Waals surface area contributed by atoms with E-state index in [4.69, 9.17) is 11.0 Å². The highest BCUT2D eigenvalue weighted by Gasteiger charge is 2.50. The van der Waals surface area contributed by atoms with Gasteiger partial charge in [0.2, 0.25) is 5.91 Å². The molecule has 3 N–H and O–H groups in total. The van der Waals surface area contributed by atoms with E-state index in [-0.39, 0.29) is 11.9 Å². The van der Waals surface area contributed by atoms with Gasteiger partial charge in [0, 0.05) is 10.5 Å². The van der Waals surface area contributed by atoms with Gasteiger partial charge in [0.15, 0.2) is 5.96 Å². The van der Waals surface area contributed by atoms with Crippen LogP contribution in [0.4, 0.5) is 4.39 Å². The second-order valence-corrected chi connectivity index (χ2v) is 6.83. The second-order valence-electron chi connectivity index (χ2n) is 5.39. The number of halogens is 1. The van der Waals surface area contributed by atoms with E-state index in [0.29, 0.717) is 16.0 Å². The molecular formula is C15H13FN4OS. The lowest BCUT2D eigenvalue weighted by atomic mass is 9.90. The van der Waals surface area contributed by atoms with Gasteiger partial charge < -0.3 is 5.73 Å². The molecule has 2 heterocycles. The van der Waals surface area contributed by atoms with Gasteiger partial charge in [0.05, 0.1) is 17.6 Å². The molecule has 7 heteroatoms. The fourth-order valence-electron chi connectivity index (χ4n) is 2.91. The molecule has 0 fully saturated rings. The molecule has 112 valence electrons. The average molecular weight is 316 g/mol. The highest BCUT2D eigenvalue weighted by Crippen LogP contribution is 2.56. The largest absolute Gasteiger partial charge is 0.370 e. The first-order valence-corrected chi connectivity index (χ1v) is 7.43. The van der Waals surface area contributed by atoms with Gasteiger partial charge >= 0.3 is 0 Å². The van der Waals surface area contributed by atoms with Crippen LogP contribution in [-0.2, 0) is 4.79 Å². The number of rotatable bonds is 1. The summed E-state index contributed by atoms with van der Waals surface area (Å²) in [6.07, 6.45) is 0. The highest BCUT2D eigenvalue weighted by molar-refractivity contribution is 8.09. The van der Waals surface area contributed by atoms with Gasteiger partial charge in [-0.25, -0.2) is 9.38 Å². The molecule has 2 aliphatic rings. The minimum absolute atomic E-state index is 0.0662. The molecule has 1 aromatic carbocycles. The Morgan fingerprint density at radius 1 is 1.55 bits per heavy atom. The Morgan fingerprint density at radius 2 is 2.27 bits per heavy atom. The van der Waals surface area contributed by atoms with Crippen LogP contribution < -0.4 is 11.1 Å². The smallest absolute Gasteiger partial charge is 0.237 e. The van der Waals surface area contributed by atoms with Crippen molar-refractivity contribution in [1.82, 2.24) is 5.32 Å². The molecule has 3 rings (SSSR count). The maximum Gasteiger partial charge on any atom is 0.237 e. The van der Waals surface area contributed by atoms with Crippen molar-refractivity contribution < 1.29 is 9.18 Å². The van der Waals surface area contributed by atoms with Gasteiger partial charge in [-0.1, -0.05) is 11.8 Å². The minimum Gasteiger partial charge on any atom is -0.370 e. The second kappa shape index (κ2) is 4.85. The maximum absolute atomic E-state index is 14.2. The lowest BCUT2D eigenvalue weighted by Gasteiger charge is -2.31. The number of aliphatic imine (C=N–C) groups is 1. The Hall–Kier alpha value is -2.33. The first kappa shape index (κ1) is 14.6. The zero-order valence-corrected chi connectivity index (χ0v) is 12.8. The zero-order chi connectivity index (χ0) is 16.1. The molecule has 0 bridgehead atoms. The number of fused-ring (bicyclic) bond motifs is 1. The number of carbonyl (C=O) groups is 1. The van der Waals surface area contributed by atoms with Crippen LogP contribution in [0.2, 0.25) is 0 Å². The molecule has 0 spiro atoms. The van der Waals surface area contributed by atoms with Crippen LogP contribution >= 0.6 is 11.8 Å². The van der Waals surface area contributed by atoms with Crippen molar-refractivity contribution in [2.45, 2.75) is 18.7 Å². The van der Waals surface area contributed by atoms with E-state index in [9.17, 15) is 9.18 Å². The molecule has 0 aromatic heterocycles. The Bertz CT molecular complexity index is 795. The lowest BCUT2D eigenvalue weighted by Crippen LogP contribution is -2.52. The summed E-state index contributed by atoms with van der Waals surface area (Å²) in [6, 6.07) is 6.17. The van der Waals surface area contributed by atoms with Gasteiger partial charge in [-0.15, -0.1) is 0 Å². The monoisotopic (exact) mass is 316 g/mol. The van der Waals surface area contributed by atoms with Crippen molar-refractivity contribution in [3.8, 4) is 6.07 Å². The van der Waals surface area contributed by atoms with Crippen molar-refractivity contribution >= 4 is 28.5 Å². The van der Waals surface area contributed by atoms with Gasteiger partial charge in [0.25, 0.3) is 0 Å². The summed E-state index contributed by atoms with van der Waals surface area (Å²) < 4.78 is 14.2. The van der Waals surface area contributed by atoms with E-state index in [1.807, 2.05) is 6.07 Å². The molecule has 0 aliphatic carbocycles. The van der Waals surface area contributed by atoms with Crippen molar-refractivity contribution in [3.63, 3.8) is 0 Å². The third kappa shape index (κ3) is 2.07. The third-order valence-electron chi connectivity index (χ3n) is 3.83. The Balaban J connectivity index is 2.15. The standard InChI is InChI=1S/C15H13FN4OS/c1-7-11-13(21)19-14(18)20-15(11,2)22-12(7)9-5-8(6-17)3-4-10(9)16/h3-5,11H,1-2H3,(H3,18,19,20,21). The number of guanidine groups is 1. The Morgan fingerprint density at radius 3 is 2.95 bits per heavy atom. The third-order valence-corrected chi connectivity index (χ3v) is 5.32.